The maximum Gasteiger partial charge on any atom is 0.229 e. The molecular weight excluding hydrogens is 419 g/mol. The highest BCUT2D eigenvalue weighted by Gasteiger charge is 2.22. The molecule has 0 amide bonds. The van der Waals surface area contributed by atoms with Crippen molar-refractivity contribution >= 4 is 50.3 Å². The van der Waals surface area contributed by atoms with Gasteiger partial charge < -0.3 is 0 Å². The van der Waals surface area contributed by atoms with Crippen LogP contribution in [0.25, 0.3) is 11.6 Å². The molecule has 0 atom stereocenters. The summed E-state index contributed by atoms with van der Waals surface area (Å²) in [5.74, 6) is -0.270. The molecule has 8 heteroatoms. The zero-order valence-electron chi connectivity index (χ0n) is 14.9. The van der Waals surface area contributed by atoms with Gasteiger partial charge >= 0.3 is 0 Å². The van der Waals surface area contributed by atoms with Crippen molar-refractivity contribution in [3.8, 4) is 0 Å². The molecule has 3 aromatic rings. The first-order valence-corrected chi connectivity index (χ1v) is 11.6. The van der Waals surface area contributed by atoms with Crippen LogP contribution in [0.1, 0.15) is 27.3 Å². The number of thiazole rings is 1. The number of fused-ring (bicyclic) bond motifs is 2. The molecule has 1 aromatic heterocycles. The summed E-state index contributed by atoms with van der Waals surface area (Å²) >= 11 is 7.56. The van der Waals surface area contributed by atoms with Crippen molar-refractivity contribution in [2.75, 3.05) is 11.0 Å². The lowest BCUT2D eigenvalue weighted by Gasteiger charge is -2.10. The highest BCUT2D eigenvalue weighted by molar-refractivity contribution is 7.92. The van der Waals surface area contributed by atoms with Gasteiger partial charge in [-0.25, -0.2) is 17.8 Å². The third kappa shape index (κ3) is 4.11. The summed E-state index contributed by atoms with van der Waals surface area (Å²) in [6, 6.07) is 11.9. The number of aromatic nitrogens is 1. The fraction of sp³-hybridized carbons (Fsp3) is 0.150. The minimum atomic E-state index is -3.37. The van der Waals surface area contributed by atoms with Crippen LogP contribution in [0.2, 0.25) is 4.47 Å². The van der Waals surface area contributed by atoms with Crippen molar-refractivity contribution in [1.29, 1.82) is 0 Å². The molecule has 0 unspecified atom stereocenters. The van der Waals surface area contributed by atoms with Gasteiger partial charge in [0.05, 0.1) is 16.8 Å². The van der Waals surface area contributed by atoms with Crippen LogP contribution in [-0.2, 0) is 22.9 Å². The number of halogens is 2. The number of sulfonamides is 1. The molecule has 4 rings (SSSR count). The van der Waals surface area contributed by atoms with E-state index < -0.39 is 10.0 Å². The molecule has 0 fully saturated rings. The molecule has 0 saturated heterocycles. The summed E-state index contributed by atoms with van der Waals surface area (Å²) < 4.78 is 39.8. The molecule has 1 heterocycles. The van der Waals surface area contributed by atoms with Gasteiger partial charge in [0.25, 0.3) is 0 Å². The molecule has 144 valence electrons. The summed E-state index contributed by atoms with van der Waals surface area (Å²) in [6.07, 6.45) is 4.43. The largest absolute Gasteiger partial charge is 0.284 e. The van der Waals surface area contributed by atoms with E-state index in [1.165, 1.54) is 17.4 Å². The van der Waals surface area contributed by atoms with E-state index in [4.69, 9.17) is 11.6 Å². The predicted molar refractivity (Wildman–Crippen MR) is 113 cm³/mol. The molecule has 0 spiro atoms. The minimum absolute atomic E-state index is 0.270. The Balaban J connectivity index is 1.87. The van der Waals surface area contributed by atoms with Gasteiger partial charge in [0.15, 0.2) is 4.47 Å². The van der Waals surface area contributed by atoms with Crippen LogP contribution < -0.4 is 4.72 Å². The lowest BCUT2D eigenvalue weighted by atomic mass is 9.97. The van der Waals surface area contributed by atoms with Gasteiger partial charge in [0, 0.05) is 11.3 Å². The Labute approximate surface area is 171 Å². The Morgan fingerprint density at radius 1 is 1.21 bits per heavy atom. The number of benzene rings is 2. The topological polar surface area (TPSA) is 59.1 Å². The SMILES string of the molecule is CS(=O)(=O)Nc1cccc(/C=C2\c3ccc(F)cc3CCc3nc(Cl)sc32)c1. The molecule has 1 N–H and O–H groups in total. The number of hydrogen-bond acceptors (Lipinski definition) is 4. The number of nitrogens with zero attached hydrogens (tertiary/aromatic N) is 1. The van der Waals surface area contributed by atoms with Crippen molar-refractivity contribution in [1.82, 2.24) is 4.98 Å². The van der Waals surface area contributed by atoms with Gasteiger partial charge in [0.1, 0.15) is 5.82 Å². The summed E-state index contributed by atoms with van der Waals surface area (Å²) in [5.41, 5.74) is 4.94. The Morgan fingerprint density at radius 3 is 2.82 bits per heavy atom. The van der Waals surface area contributed by atoms with E-state index in [-0.39, 0.29) is 5.82 Å². The van der Waals surface area contributed by atoms with E-state index in [9.17, 15) is 12.8 Å². The van der Waals surface area contributed by atoms with Crippen LogP contribution in [-0.4, -0.2) is 19.7 Å². The normalized spacial score (nSPS) is 15.0. The summed E-state index contributed by atoms with van der Waals surface area (Å²) in [6.45, 7) is 0. The van der Waals surface area contributed by atoms with Gasteiger partial charge in [-0.05, 0) is 59.9 Å². The minimum Gasteiger partial charge on any atom is -0.284 e. The van der Waals surface area contributed by atoms with E-state index in [2.05, 4.69) is 9.71 Å². The second kappa shape index (κ2) is 7.31. The maximum absolute atomic E-state index is 13.8. The lowest BCUT2D eigenvalue weighted by molar-refractivity contribution is 0.607. The van der Waals surface area contributed by atoms with Gasteiger partial charge in [-0.15, -0.1) is 11.3 Å². The van der Waals surface area contributed by atoms with Crippen molar-refractivity contribution < 1.29 is 12.8 Å². The number of hydrogen-bond donors (Lipinski definition) is 1. The van der Waals surface area contributed by atoms with E-state index in [1.807, 2.05) is 12.1 Å². The van der Waals surface area contributed by atoms with E-state index in [0.717, 1.165) is 39.1 Å². The fourth-order valence-corrected chi connectivity index (χ4v) is 5.08. The predicted octanol–water partition coefficient (Wildman–Crippen LogP) is 4.99. The van der Waals surface area contributed by atoms with Crippen LogP contribution in [0.4, 0.5) is 10.1 Å². The monoisotopic (exact) mass is 434 g/mol. The molecule has 0 aliphatic heterocycles. The first-order valence-electron chi connectivity index (χ1n) is 8.52. The second-order valence-corrected chi connectivity index (χ2v) is 9.93. The van der Waals surface area contributed by atoms with Crippen LogP contribution >= 0.6 is 22.9 Å². The van der Waals surface area contributed by atoms with Crippen molar-refractivity contribution in [2.24, 2.45) is 0 Å². The van der Waals surface area contributed by atoms with Gasteiger partial charge in [-0.2, -0.15) is 0 Å². The Hall–Kier alpha value is -2.22. The average molecular weight is 435 g/mol. The average Bonchev–Trinajstić information content (AvgIpc) is 2.92. The van der Waals surface area contributed by atoms with Crippen molar-refractivity contribution in [2.45, 2.75) is 12.8 Å². The summed E-state index contributed by atoms with van der Waals surface area (Å²) in [4.78, 5) is 5.39. The highest BCUT2D eigenvalue weighted by Crippen LogP contribution is 2.39. The van der Waals surface area contributed by atoms with Crippen LogP contribution in [0.5, 0.6) is 0 Å². The van der Waals surface area contributed by atoms with Crippen LogP contribution in [0, 0.1) is 5.82 Å². The lowest BCUT2D eigenvalue weighted by Crippen LogP contribution is -2.09. The Morgan fingerprint density at radius 2 is 2.04 bits per heavy atom. The summed E-state index contributed by atoms with van der Waals surface area (Å²) in [5, 5.41) is 0. The second-order valence-electron chi connectivity index (χ2n) is 6.60. The van der Waals surface area contributed by atoms with Gasteiger partial charge in [0.2, 0.25) is 10.0 Å². The molecule has 0 radical (unpaired) electrons. The molecule has 28 heavy (non-hydrogen) atoms. The third-order valence-electron chi connectivity index (χ3n) is 4.41. The van der Waals surface area contributed by atoms with Crippen molar-refractivity contribution in [3.05, 3.63) is 80.0 Å². The smallest absolute Gasteiger partial charge is 0.229 e. The molecule has 2 aromatic carbocycles. The van der Waals surface area contributed by atoms with E-state index >= 15 is 0 Å². The first kappa shape index (κ1) is 19.1. The van der Waals surface area contributed by atoms with Crippen LogP contribution in [0.15, 0.2) is 42.5 Å². The zero-order chi connectivity index (χ0) is 19.9. The standard InChI is InChI=1S/C20H16ClFN2O2S2/c1-28(25,26)24-15-4-2-3-12(9-15)10-17-16-7-6-14(22)11-13(16)5-8-18-19(17)27-20(21)23-18/h2-4,6-7,9-11,24H,5,8H2,1H3/b17-10+. The third-order valence-corrected chi connectivity index (χ3v) is 6.25. The molecule has 4 nitrogen and oxygen atoms in total. The fourth-order valence-electron chi connectivity index (χ4n) is 3.33. The van der Waals surface area contributed by atoms with Gasteiger partial charge in [-0.3, -0.25) is 4.72 Å². The zero-order valence-corrected chi connectivity index (χ0v) is 17.3. The molecule has 1 aliphatic rings. The Kier molecular flexibility index (Phi) is 4.99. The van der Waals surface area contributed by atoms with E-state index in [0.29, 0.717) is 23.0 Å². The number of anilines is 1. The highest BCUT2D eigenvalue weighted by atomic mass is 35.5. The first-order chi connectivity index (χ1) is 13.3. The van der Waals surface area contributed by atoms with Crippen molar-refractivity contribution in [3.63, 3.8) is 0 Å². The molecular formula is C20H16ClFN2O2S2. The summed E-state index contributed by atoms with van der Waals surface area (Å²) in [7, 11) is -3.37. The molecule has 1 aliphatic carbocycles. The quantitative estimate of drug-likeness (QED) is 0.631. The number of rotatable bonds is 3. The molecule has 0 saturated carbocycles. The molecule has 0 bridgehead atoms. The van der Waals surface area contributed by atoms with E-state index in [1.54, 1.807) is 30.3 Å². The maximum atomic E-state index is 13.8. The van der Waals surface area contributed by atoms with Crippen LogP contribution in [0.3, 0.4) is 0 Å². The van der Waals surface area contributed by atoms with Gasteiger partial charge in [-0.1, -0.05) is 29.8 Å². The number of aryl methyl sites for hydroxylation is 2. The Bertz CT molecular complexity index is 1200. The number of nitrogens with one attached hydrogen (secondary N) is 1.